The van der Waals surface area contributed by atoms with Gasteiger partial charge in [-0.25, -0.2) is 9.67 Å². The van der Waals surface area contributed by atoms with Crippen molar-refractivity contribution in [1.82, 2.24) is 19.3 Å². The Morgan fingerprint density at radius 1 is 0.609 bits per heavy atom. The Bertz CT molecular complexity index is 2250. The summed E-state index contributed by atoms with van der Waals surface area (Å²) in [6, 6.07) is 28.8. The number of fused-ring (bicyclic) bond motifs is 3. The summed E-state index contributed by atoms with van der Waals surface area (Å²) >= 11 is 0. The molecule has 0 aliphatic rings. The summed E-state index contributed by atoms with van der Waals surface area (Å²) in [4.78, 5) is 4.69. The molecule has 7 aromatic rings. The van der Waals surface area contributed by atoms with Crippen molar-refractivity contribution in [3.05, 3.63) is 119 Å². The van der Waals surface area contributed by atoms with Crippen molar-refractivity contribution in [3.8, 4) is 45.6 Å². The fourth-order valence-corrected chi connectivity index (χ4v) is 6.65. The fourth-order valence-electron chi connectivity index (χ4n) is 6.65. The number of para-hydroxylation sites is 1. The average Bonchev–Trinajstić information content (AvgIpc) is 3.53. The monoisotopic (exact) mass is 608 g/mol. The highest BCUT2D eigenvalue weighted by molar-refractivity contribution is 6.09. The van der Waals surface area contributed by atoms with Gasteiger partial charge in [0, 0.05) is 46.4 Å². The van der Waals surface area contributed by atoms with Crippen molar-refractivity contribution in [2.75, 3.05) is 14.2 Å². The number of rotatable bonds is 7. The third-order valence-corrected chi connectivity index (χ3v) is 8.63. The molecule has 46 heavy (non-hydrogen) atoms. The molecule has 230 valence electrons. The van der Waals surface area contributed by atoms with E-state index in [4.69, 9.17) is 19.3 Å². The van der Waals surface area contributed by atoms with E-state index in [0.717, 1.165) is 90.0 Å². The second-order valence-electron chi connectivity index (χ2n) is 11.8. The van der Waals surface area contributed by atoms with Crippen LogP contribution >= 0.6 is 0 Å². The molecule has 0 amide bonds. The first-order valence-electron chi connectivity index (χ1n) is 15.3. The van der Waals surface area contributed by atoms with Crippen molar-refractivity contribution >= 4 is 21.8 Å². The van der Waals surface area contributed by atoms with Gasteiger partial charge in [0.05, 0.1) is 36.6 Å². The van der Waals surface area contributed by atoms with E-state index in [9.17, 15) is 0 Å². The minimum atomic E-state index is 0.731. The van der Waals surface area contributed by atoms with Crippen LogP contribution in [-0.4, -0.2) is 33.6 Å². The topological polar surface area (TPSA) is 63.3 Å². The molecule has 0 radical (unpaired) electrons. The van der Waals surface area contributed by atoms with Crippen LogP contribution < -0.4 is 14.2 Å². The number of aryl methyl sites for hydroxylation is 4. The summed E-state index contributed by atoms with van der Waals surface area (Å²) in [5, 5.41) is 7.27. The normalized spacial score (nSPS) is 11.4. The van der Waals surface area contributed by atoms with Crippen molar-refractivity contribution in [1.29, 1.82) is 0 Å². The zero-order valence-corrected chi connectivity index (χ0v) is 27.2. The first kappa shape index (κ1) is 29.2. The van der Waals surface area contributed by atoms with Crippen LogP contribution in [0.2, 0.25) is 0 Å². The quantitative estimate of drug-likeness (QED) is 0.180. The molecule has 0 spiro atoms. The second-order valence-corrected chi connectivity index (χ2v) is 11.8. The fraction of sp³-hybridized carbons (Fsp3) is 0.179. The smallest absolute Gasteiger partial charge is 0.141 e. The highest BCUT2D eigenvalue weighted by Gasteiger charge is 2.20. The minimum absolute atomic E-state index is 0.731. The van der Waals surface area contributed by atoms with Gasteiger partial charge in [0.25, 0.3) is 0 Å². The maximum Gasteiger partial charge on any atom is 0.141 e. The second kappa shape index (κ2) is 11.4. The van der Waals surface area contributed by atoms with Crippen molar-refractivity contribution in [2.45, 2.75) is 34.6 Å². The molecule has 0 aliphatic heterocycles. The van der Waals surface area contributed by atoms with Crippen molar-refractivity contribution in [3.63, 3.8) is 0 Å². The molecule has 0 saturated heterocycles. The van der Waals surface area contributed by atoms with E-state index in [1.54, 1.807) is 20.4 Å². The van der Waals surface area contributed by atoms with Crippen LogP contribution in [0, 0.1) is 34.6 Å². The van der Waals surface area contributed by atoms with E-state index >= 15 is 0 Å². The molecule has 0 saturated carbocycles. The molecular formula is C39H36N4O3. The molecule has 0 fully saturated rings. The summed E-state index contributed by atoms with van der Waals surface area (Å²) in [5.74, 6) is 3.86. The number of benzene rings is 4. The molecule has 0 N–H and O–H groups in total. The van der Waals surface area contributed by atoms with E-state index in [-0.39, 0.29) is 0 Å². The Morgan fingerprint density at radius 3 is 2.11 bits per heavy atom. The van der Waals surface area contributed by atoms with Crippen molar-refractivity contribution < 1.29 is 14.2 Å². The predicted molar refractivity (Wildman–Crippen MR) is 184 cm³/mol. The van der Waals surface area contributed by atoms with Gasteiger partial charge in [-0.05, 0) is 105 Å². The Hall–Kier alpha value is -5.56. The first-order valence-corrected chi connectivity index (χ1v) is 15.3. The molecule has 7 nitrogen and oxygen atoms in total. The van der Waals surface area contributed by atoms with Gasteiger partial charge in [0.2, 0.25) is 0 Å². The molecule has 4 aromatic carbocycles. The van der Waals surface area contributed by atoms with Crippen LogP contribution in [0.5, 0.6) is 23.0 Å². The largest absolute Gasteiger partial charge is 0.497 e. The number of hydrogen-bond donors (Lipinski definition) is 0. The highest BCUT2D eigenvalue weighted by atomic mass is 16.5. The summed E-state index contributed by atoms with van der Waals surface area (Å²) < 4.78 is 21.8. The van der Waals surface area contributed by atoms with Gasteiger partial charge in [0.1, 0.15) is 28.8 Å². The molecule has 0 bridgehead atoms. The van der Waals surface area contributed by atoms with Crippen LogP contribution in [-0.2, 0) is 0 Å². The molecule has 0 unspecified atom stereocenters. The molecule has 0 aliphatic carbocycles. The number of methoxy groups -OCH3 is 2. The van der Waals surface area contributed by atoms with E-state index in [1.807, 2.05) is 35.0 Å². The zero-order valence-electron chi connectivity index (χ0n) is 27.2. The van der Waals surface area contributed by atoms with Gasteiger partial charge in [-0.15, -0.1) is 0 Å². The number of ether oxygens (including phenoxy) is 3. The van der Waals surface area contributed by atoms with E-state index in [2.05, 4.69) is 98.8 Å². The lowest BCUT2D eigenvalue weighted by molar-refractivity contribution is 0.414. The third kappa shape index (κ3) is 4.94. The molecule has 0 atom stereocenters. The zero-order chi connectivity index (χ0) is 32.1. The minimum Gasteiger partial charge on any atom is -0.497 e. The van der Waals surface area contributed by atoms with Crippen LogP contribution in [0.15, 0.2) is 91.1 Å². The first-order chi connectivity index (χ1) is 22.2. The van der Waals surface area contributed by atoms with Crippen LogP contribution in [0.25, 0.3) is 44.4 Å². The maximum absolute atomic E-state index is 6.57. The Kier molecular flexibility index (Phi) is 7.24. The van der Waals surface area contributed by atoms with Gasteiger partial charge in [-0.2, -0.15) is 5.10 Å². The van der Waals surface area contributed by atoms with Gasteiger partial charge in [-0.1, -0.05) is 18.2 Å². The van der Waals surface area contributed by atoms with Gasteiger partial charge in [0.15, 0.2) is 0 Å². The lowest BCUT2D eigenvalue weighted by Gasteiger charge is -2.14. The van der Waals surface area contributed by atoms with E-state index in [0.29, 0.717) is 0 Å². The maximum atomic E-state index is 6.57. The lowest BCUT2D eigenvalue weighted by atomic mass is 9.94. The van der Waals surface area contributed by atoms with Gasteiger partial charge < -0.3 is 14.2 Å². The van der Waals surface area contributed by atoms with Gasteiger partial charge >= 0.3 is 0 Å². The number of aromatic nitrogens is 4. The number of nitrogens with zero attached hydrogens (tertiary/aromatic N) is 4. The Labute approximate surface area is 268 Å². The molecule has 7 rings (SSSR count). The number of hydrogen-bond acceptors (Lipinski definition) is 5. The molecule has 7 heteroatoms. The summed E-state index contributed by atoms with van der Waals surface area (Å²) in [6.45, 7) is 10.5. The molecule has 3 heterocycles. The van der Waals surface area contributed by atoms with Gasteiger partial charge in [-0.3, -0.25) is 4.57 Å². The predicted octanol–water partition coefficient (Wildman–Crippen LogP) is 9.38. The van der Waals surface area contributed by atoms with Crippen molar-refractivity contribution in [2.24, 2.45) is 0 Å². The average molecular weight is 609 g/mol. The van der Waals surface area contributed by atoms with Crippen LogP contribution in [0.4, 0.5) is 0 Å². The Balaban J connectivity index is 1.30. The SMILES string of the molecule is COc1ccnc(-n2c3ccccc3c3ccc(Oc4cc(C)cc(-n5nc(C)c(-c6c(C)cc(OC)cc6C)c5C)c4)cc32)c1. The Morgan fingerprint density at radius 2 is 1.35 bits per heavy atom. The molecular weight excluding hydrogens is 572 g/mol. The summed E-state index contributed by atoms with van der Waals surface area (Å²) in [5.41, 5.74) is 10.8. The molecule has 3 aromatic heterocycles. The summed E-state index contributed by atoms with van der Waals surface area (Å²) in [7, 11) is 3.37. The summed E-state index contributed by atoms with van der Waals surface area (Å²) in [6.07, 6.45) is 1.77. The number of pyridine rings is 1. The third-order valence-electron chi connectivity index (χ3n) is 8.63. The standard InChI is InChI=1S/C39H36N4O3/c1-23-16-28(43-27(5)39(26(4)41-43)38-24(2)18-31(45-7)19-25(38)3)20-32(17-23)46-30-12-13-34-33-10-8-9-11-35(33)42(36(34)21-30)37-22-29(44-6)14-15-40-37/h8-22H,1-7H3. The highest BCUT2D eigenvalue weighted by Crippen LogP contribution is 2.38. The lowest BCUT2D eigenvalue weighted by Crippen LogP contribution is -2.01. The van der Waals surface area contributed by atoms with Crippen LogP contribution in [0.1, 0.15) is 28.1 Å². The van der Waals surface area contributed by atoms with E-state index in [1.165, 1.54) is 5.56 Å². The van der Waals surface area contributed by atoms with E-state index < -0.39 is 0 Å². The van der Waals surface area contributed by atoms with Crippen LogP contribution in [0.3, 0.4) is 0 Å².